The Morgan fingerprint density at radius 2 is 1.29 bits per heavy atom. The first-order valence-electron chi connectivity index (χ1n) is 4.68. The van der Waals surface area contributed by atoms with E-state index in [1.807, 2.05) is 0 Å². The molecule has 0 aliphatic carbocycles. The van der Waals surface area contributed by atoms with Crippen LogP contribution in [0.3, 0.4) is 0 Å². The van der Waals surface area contributed by atoms with Crippen molar-refractivity contribution in [3.63, 3.8) is 0 Å². The predicted molar refractivity (Wildman–Crippen MR) is 60.9 cm³/mol. The van der Waals surface area contributed by atoms with Gasteiger partial charge in [-0.1, -0.05) is 0 Å². The van der Waals surface area contributed by atoms with Crippen molar-refractivity contribution in [1.82, 2.24) is 0 Å². The van der Waals surface area contributed by atoms with E-state index in [0.717, 1.165) is 0 Å². The van der Waals surface area contributed by atoms with Gasteiger partial charge < -0.3 is 17.7 Å². The Morgan fingerprint density at radius 3 is 1.57 bits per heavy atom. The Hall–Kier alpha value is 0.274. The highest BCUT2D eigenvalue weighted by molar-refractivity contribution is 6.69. The zero-order valence-corrected chi connectivity index (χ0v) is 12.0. The summed E-state index contributed by atoms with van der Waals surface area (Å²) in [7, 11) is 0.997. The molecule has 0 aromatic heterocycles. The fraction of sp³-hybridized carbons (Fsp3) is 1.00. The van der Waals surface area contributed by atoms with E-state index in [-0.39, 0.29) is 0 Å². The molecule has 0 fully saturated rings. The normalized spacial score (nSPS) is 13.3. The highest BCUT2D eigenvalue weighted by atomic mass is 28.4. The van der Waals surface area contributed by atoms with Crippen LogP contribution < -0.4 is 0 Å². The standard InChI is InChI=1S/C8H22O4Si2/c1-9-14(10-2,11-3)8-7-12-13(4,5)6/h7-8H2,1-6H3. The predicted octanol–water partition coefficient (Wildman–Crippen LogP) is 1.72. The first kappa shape index (κ1) is 14.3. The van der Waals surface area contributed by atoms with Crippen molar-refractivity contribution in [1.29, 1.82) is 0 Å². The molecule has 0 saturated carbocycles. The van der Waals surface area contributed by atoms with Gasteiger partial charge in [0.1, 0.15) is 0 Å². The van der Waals surface area contributed by atoms with Gasteiger partial charge in [0.25, 0.3) is 0 Å². The minimum Gasteiger partial charge on any atom is -0.418 e. The summed E-state index contributed by atoms with van der Waals surface area (Å²) >= 11 is 0. The molecule has 0 unspecified atom stereocenters. The third-order valence-corrected chi connectivity index (χ3v) is 5.63. The van der Waals surface area contributed by atoms with Crippen LogP contribution >= 0.6 is 0 Å². The van der Waals surface area contributed by atoms with E-state index in [4.69, 9.17) is 17.7 Å². The zero-order chi connectivity index (χ0) is 11.2. The lowest BCUT2D eigenvalue weighted by molar-refractivity contribution is 0.117. The van der Waals surface area contributed by atoms with Crippen molar-refractivity contribution in [3.05, 3.63) is 0 Å². The maximum absolute atomic E-state index is 5.72. The Labute approximate surface area is 89.0 Å². The fourth-order valence-corrected chi connectivity index (χ4v) is 3.42. The summed E-state index contributed by atoms with van der Waals surface area (Å²) in [6.45, 7) is 7.12. The van der Waals surface area contributed by atoms with Gasteiger partial charge in [-0.15, -0.1) is 0 Å². The molecule has 0 spiro atoms. The molecule has 0 aromatic carbocycles. The second-order valence-electron chi connectivity index (χ2n) is 4.01. The van der Waals surface area contributed by atoms with Gasteiger partial charge in [0.2, 0.25) is 0 Å². The van der Waals surface area contributed by atoms with Gasteiger partial charge in [-0.2, -0.15) is 0 Å². The quantitative estimate of drug-likeness (QED) is 0.633. The van der Waals surface area contributed by atoms with Crippen molar-refractivity contribution in [2.45, 2.75) is 25.7 Å². The molecule has 0 aromatic rings. The molecule has 0 saturated heterocycles. The minimum absolute atomic E-state index is 0.650. The lowest BCUT2D eigenvalue weighted by Crippen LogP contribution is -2.44. The van der Waals surface area contributed by atoms with Crippen LogP contribution in [0.1, 0.15) is 0 Å². The summed E-state index contributed by atoms with van der Waals surface area (Å²) in [5.41, 5.74) is 0. The first-order valence-corrected chi connectivity index (χ1v) is 10.0. The van der Waals surface area contributed by atoms with Gasteiger partial charge in [-0.3, -0.25) is 0 Å². The van der Waals surface area contributed by atoms with Crippen LogP contribution in [-0.2, 0) is 17.7 Å². The summed E-state index contributed by atoms with van der Waals surface area (Å²) in [4.78, 5) is 0. The van der Waals surface area contributed by atoms with E-state index >= 15 is 0 Å². The summed E-state index contributed by atoms with van der Waals surface area (Å²) in [5, 5.41) is 0. The molecule has 0 aliphatic heterocycles. The molecule has 86 valence electrons. The zero-order valence-electron chi connectivity index (χ0n) is 10.0. The highest BCUT2D eigenvalue weighted by Gasteiger charge is 2.37. The highest BCUT2D eigenvalue weighted by Crippen LogP contribution is 2.14. The van der Waals surface area contributed by atoms with Crippen LogP contribution in [0.15, 0.2) is 0 Å². The van der Waals surface area contributed by atoms with Gasteiger partial charge in [-0.05, 0) is 19.6 Å². The van der Waals surface area contributed by atoms with Gasteiger partial charge in [0.05, 0.1) is 0 Å². The Bertz CT molecular complexity index is 146. The van der Waals surface area contributed by atoms with Gasteiger partial charge in [-0.25, -0.2) is 0 Å². The third-order valence-electron chi connectivity index (χ3n) is 1.88. The molecule has 6 heteroatoms. The molecule has 0 bridgehead atoms. The lowest BCUT2D eigenvalue weighted by Gasteiger charge is -2.26. The molecular weight excluding hydrogens is 216 g/mol. The van der Waals surface area contributed by atoms with E-state index in [2.05, 4.69) is 19.6 Å². The molecule has 0 atom stereocenters. The number of hydrogen-bond acceptors (Lipinski definition) is 4. The van der Waals surface area contributed by atoms with Gasteiger partial charge in [0.15, 0.2) is 8.32 Å². The van der Waals surface area contributed by atoms with Gasteiger partial charge in [0, 0.05) is 34.0 Å². The van der Waals surface area contributed by atoms with E-state index in [1.165, 1.54) is 0 Å². The Balaban J connectivity index is 3.95. The summed E-state index contributed by atoms with van der Waals surface area (Å²) in [6, 6.07) is 0.709. The topological polar surface area (TPSA) is 36.9 Å². The summed E-state index contributed by atoms with van der Waals surface area (Å²) in [5.74, 6) is 0. The molecule has 14 heavy (non-hydrogen) atoms. The average Bonchev–Trinajstić information content (AvgIpc) is 2.11. The van der Waals surface area contributed by atoms with Crippen molar-refractivity contribution >= 4 is 17.1 Å². The van der Waals surface area contributed by atoms with Crippen LogP contribution in [0.2, 0.25) is 25.7 Å². The molecule has 0 aliphatic rings. The van der Waals surface area contributed by atoms with Crippen molar-refractivity contribution < 1.29 is 17.7 Å². The molecule has 0 N–H and O–H groups in total. The fourth-order valence-electron chi connectivity index (χ4n) is 1.04. The van der Waals surface area contributed by atoms with Gasteiger partial charge >= 0.3 is 8.80 Å². The lowest BCUT2D eigenvalue weighted by atomic mass is 10.9. The number of hydrogen-bond donors (Lipinski definition) is 0. The Kier molecular flexibility index (Phi) is 6.11. The van der Waals surface area contributed by atoms with E-state index in [1.54, 1.807) is 21.3 Å². The third kappa shape index (κ3) is 5.23. The Morgan fingerprint density at radius 1 is 0.857 bits per heavy atom. The molecule has 0 rings (SSSR count). The molecule has 4 nitrogen and oxygen atoms in total. The van der Waals surface area contributed by atoms with Crippen LogP contribution in [0.25, 0.3) is 0 Å². The summed E-state index contributed by atoms with van der Waals surface area (Å²) < 4.78 is 21.6. The van der Waals surface area contributed by atoms with Crippen LogP contribution in [-0.4, -0.2) is 45.1 Å². The SMILES string of the molecule is CO[Si](CCO[Si](C)(C)C)(OC)OC. The monoisotopic (exact) mass is 238 g/mol. The summed E-state index contributed by atoms with van der Waals surface area (Å²) in [6.07, 6.45) is 0. The van der Waals surface area contributed by atoms with Crippen molar-refractivity contribution in [2.75, 3.05) is 27.9 Å². The van der Waals surface area contributed by atoms with E-state index in [0.29, 0.717) is 12.7 Å². The second kappa shape index (κ2) is 5.99. The minimum atomic E-state index is -2.42. The van der Waals surface area contributed by atoms with E-state index in [9.17, 15) is 0 Å². The van der Waals surface area contributed by atoms with Crippen molar-refractivity contribution in [3.8, 4) is 0 Å². The second-order valence-corrected chi connectivity index (χ2v) is 11.6. The smallest absolute Gasteiger partial charge is 0.418 e. The maximum atomic E-state index is 5.72. The maximum Gasteiger partial charge on any atom is 0.502 e. The average molecular weight is 238 g/mol. The van der Waals surface area contributed by atoms with Crippen molar-refractivity contribution in [2.24, 2.45) is 0 Å². The molecule has 0 heterocycles. The number of rotatable bonds is 7. The molecular formula is C8H22O4Si2. The molecule has 0 amide bonds. The largest absolute Gasteiger partial charge is 0.502 e. The molecule has 0 radical (unpaired) electrons. The van der Waals surface area contributed by atoms with E-state index < -0.39 is 17.1 Å². The van der Waals surface area contributed by atoms with Crippen LogP contribution in [0, 0.1) is 0 Å². The van der Waals surface area contributed by atoms with Crippen LogP contribution in [0.5, 0.6) is 0 Å². The van der Waals surface area contributed by atoms with Crippen LogP contribution in [0.4, 0.5) is 0 Å². The first-order chi connectivity index (χ1) is 6.39.